The molecule has 4 heteroatoms. The number of hydrogen-bond acceptors (Lipinski definition) is 2. The van der Waals surface area contributed by atoms with E-state index in [1.807, 2.05) is 24.3 Å². The Kier molecular flexibility index (Phi) is 2.06. The van der Waals surface area contributed by atoms with Gasteiger partial charge in [-0.2, -0.15) is 0 Å². The van der Waals surface area contributed by atoms with Crippen LogP contribution in [-0.2, 0) is 0 Å². The highest BCUT2D eigenvalue weighted by atomic mass is 16.5. The van der Waals surface area contributed by atoms with E-state index in [-0.39, 0.29) is 6.04 Å². The molecular formula is C9H9N3O. The molecule has 0 N–H and O–H groups in total. The second-order valence-electron chi connectivity index (χ2n) is 2.90. The summed E-state index contributed by atoms with van der Waals surface area (Å²) in [6.45, 7) is 0.626. The molecule has 1 aliphatic heterocycles. The largest absolute Gasteiger partial charge is 0.493 e. The standard InChI is InChI=1S/C9H9N3O/c10-12-11-8-5-6-13-9-4-2-1-3-7(8)9/h1-4,8H,5-6H2. The first-order chi connectivity index (χ1) is 6.42. The molecule has 2 rings (SSSR count). The molecule has 1 heterocycles. The topological polar surface area (TPSA) is 58.0 Å². The Morgan fingerprint density at radius 2 is 2.31 bits per heavy atom. The lowest BCUT2D eigenvalue weighted by atomic mass is 10.0. The van der Waals surface area contributed by atoms with Crippen molar-refractivity contribution in [2.75, 3.05) is 6.61 Å². The summed E-state index contributed by atoms with van der Waals surface area (Å²) >= 11 is 0. The van der Waals surface area contributed by atoms with E-state index in [1.54, 1.807) is 0 Å². The van der Waals surface area contributed by atoms with Gasteiger partial charge in [-0.3, -0.25) is 0 Å². The Morgan fingerprint density at radius 1 is 1.46 bits per heavy atom. The molecule has 4 nitrogen and oxygen atoms in total. The number of azide groups is 1. The van der Waals surface area contributed by atoms with Gasteiger partial charge in [-0.1, -0.05) is 23.3 Å². The Morgan fingerprint density at radius 3 is 3.15 bits per heavy atom. The van der Waals surface area contributed by atoms with Crippen LogP contribution in [0, 0.1) is 0 Å². The third-order valence-electron chi connectivity index (χ3n) is 2.12. The molecule has 66 valence electrons. The smallest absolute Gasteiger partial charge is 0.122 e. The quantitative estimate of drug-likeness (QED) is 0.367. The van der Waals surface area contributed by atoms with Gasteiger partial charge in [0.25, 0.3) is 0 Å². The molecule has 1 atom stereocenters. The highest BCUT2D eigenvalue weighted by Gasteiger charge is 2.18. The van der Waals surface area contributed by atoms with E-state index in [0.29, 0.717) is 6.61 Å². The lowest BCUT2D eigenvalue weighted by molar-refractivity contribution is 0.269. The number of para-hydroxylation sites is 1. The van der Waals surface area contributed by atoms with Gasteiger partial charge in [0.15, 0.2) is 0 Å². The molecule has 0 spiro atoms. The summed E-state index contributed by atoms with van der Waals surface area (Å²) in [5, 5.41) is 3.73. The van der Waals surface area contributed by atoms with E-state index in [1.165, 1.54) is 0 Å². The molecule has 0 aliphatic carbocycles. The number of fused-ring (bicyclic) bond motifs is 1. The number of hydrogen-bond donors (Lipinski definition) is 0. The number of nitrogens with zero attached hydrogens (tertiary/aromatic N) is 3. The van der Waals surface area contributed by atoms with Crippen molar-refractivity contribution in [3.63, 3.8) is 0 Å². The predicted octanol–water partition coefficient (Wildman–Crippen LogP) is 2.82. The maximum Gasteiger partial charge on any atom is 0.122 e. The lowest BCUT2D eigenvalue weighted by Crippen LogP contribution is -2.11. The van der Waals surface area contributed by atoms with E-state index in [0.717, 1.165) is 17.7 Å². The normalized spacial score (nSPS) is 19.5. The molecule has 0 saturated carbocycles. The van der Waals surface area contributed by atoms with Gasteiger partial charge in [-0.15, -0.1) is 0 Å². The van der Waals surface area contributed by atoms with Crippen LogP contribution in [0.25, 0.3) is 10.4 Å². The van der Waals surface area contributed by atoms with Crippen molar-refractivity contribution >= 4 is 0 Å². The van der Waals surface area contributed by atoms with Crippen LogP contribution in [-0.4, -0.2) is 6.61 Å². The zero-order chi connectivity index (χ0) is 9.10. The third kappa shape index (κ3) is 1.44. The molecule has 0 radical (unpaired) electrons. The molecule has 1 aromatic carbocycles. The third-order valence-corrected chi connectivity index (χ3v) is 2.12. The Bertz CT molecular complexity index is 358. The Hall–Kier alpha value is -1.67. The number of benzene rings is 1. The van der Waals surface area contributed by atoms with Crippen LogP contribution < -0.4 is 4.74 Å². The Labute approximate surface area is 75.8 Å². The first kappa shape index (κ1) is 7.95. The summed E-state index contributed by atoms with van der Waals surface area (Å²) < 4.78 is 5.42. The Balaban J connectivity index is 2.42. The van der Waals surface area contributed by atoms with Crippen molar-refractivity contribution in [3.05, 3.63) is 40.3 Å². The zero-order valence-electron chi connectivity index (χ0n) is 7.05. The second-order valence-corrected chi connectivity index (χ2v) is 2.90. The van der Waals surface area contributed by atoms with Crippen LogP contribution in [0.2, 0.25) is 0 Å². The second kappa shape index (κ2) is 3.37. The van der Waals surface area contributed by atoms with Crippen molar-refractivity contribution < 1.29 is 4.74 Å². The van der Waals surface area contributed by atoms with Crippen molar-refractivity contribution in [1.29, 1.82) is 0 Å². The van der Waals surface area contributed by atoms with Gasteiger partial charge in [0.05, 0.1) is 12.6 Å². The van der Waals surface area contributed by atoms with E-state index in [4.69, 9.17) is 10.3 Å². The molecule has 1 unspecified atom stereocenters. The molecule has 0 amide bonds. The zero-order valence-corrected chi connectivity index (χ0v) is 7.05. The predicted molar refractivity (Wildman–Crippen MR) is 48.4 cm³/mol. The molecule has 0 bridgehead atoms. The first-order valence-electron chi connectivity index (χ1n) is 4.18. The average molecular weight is 175 g/mol. The summed E-state index contributed by atoms with van der Waals surface area (Å²) in [4.78, 5) is 2.83. The number of rotatable bonds is 1. The van der Waals surface area contributed by atoms with Crippen molar-refractivity contribution in [2.24, 2.45) is 5.11 Å². The monoisotopic (exact) mass is 175 g/mol. The maximum atomic E-state index is 8.36. The molecular weight excluding hydrogens is 166 g/mol. The fraction of sp³-hybridized carbons (Fsp3) is 0.333. The first-order valence-corrected chi connectivity index (χ1v) is 4.18. The van der Waals surface area contributed by atoms with E-state index >= 15 is 0 Å². The molecule has 13 heavy (non-hydrogen) atoms. The summed E-state index contributed by atoms with van der Waals surface area (Å²) in [6.07, 6.45) is 0.765. The maximum absolute atomic E-state index is 8.36. The molecule has 1 aromatic rings. The van der Waals surface area contributed by atoms with Gasteiger partial charge in [0.2, 0.25) is 0 Å². The minimum absolute atomic E-state index is 0.0602. The van der Waals surface area contributed by atoms with E-state index in [2.05, 4.69) is 10.0 Å². The van der Waals surface area contributed by atoms with E-state index in [9.17, 15) is 0 Å². The van der Waals surface area contributed by atoms with Crippen LogP contribution >= 0.6 is 0 Å². The minimum atomic E-state index is -0.0602. The highest BCUT2D eigenvalue weighted by molar-refractivity contribution is 5.37. The van der Waals surface area contributed by atoms with Gasteiger partial charge >= 0.3 is 0 Å². The lowest BCUT2D eigenvalue weighted by Gasteiger charge is -2.21. The highest BCUT2D eigenvalue weighted by Crippen LogP contribution is 2.33. The fourth-order valence-corrected chi connectivity index (χ4v) is 1.51. The van der Waals surface area contributed by atoms with Crippen LogP contribution in [0.1, 0.15) is 18.0 Å². The summed E-state index contributed by atoms with van der Waals surface area (Å²) in [5.74, 6) is 0.839. The molecule has 0 saturated heterocycles. The summed E-state index contributed by atoms with van der Waals surface area (Å²) in [5.41, 5.74) is 9.35. The average Bonchev–Trinajstić information content (AvgIpc) is 2.19. The van der Waals surface area contributed by atoms with Crippen LogP contribution in [0.3, 0.4) is 0 Å². The van der Waals surface area contributed by atoms with Gasteiger partial charge in [-0.25, -0.2) is 0 Å². The fourth-order valence-electron chi connectivity index (χ4n) is 1.51. The van der Waals surface area contributed by atoms with Crippen LogP contribution in [0.4, 0.5) is 0 Å². The van der Waals surface area contributed by atoms with Crippen molar-refractivity contribution in [2.45, 2.75) is 12.5 Å². The van der Waals surface area contributed by atoms with Crippen molar-refractivity contribution in [3.8, 4) is 5.75 Å². The van der Waals surface area contributed by atoms with Crippen LogP contribution in [0.5, 0.6) is 5.75 Å². The van der Waals surface area contributed by atoms with E-state index < -0.39 is 0 Å². The molecule has 1 aliphatic rings. The summed E-state index contributed by atoms with van der Waals surface area (Å²) in [7, 11) is 0. The van der Waals surface area contributed by atoms with Gasteiger partial charge < -0.3 is 4.74 Å². The van der Waals surface area contributed by atoms with Gasteiger partial charge in [0, 0.05) is 10.5 Å². The van der Waals surface area contributed by atoms with Crippen molar-refractivity contribution in [1.82, 2.24) is 0 Å². The minimum Gasteiger partial charge on any atom is -0.493 e. The SMILES string of the molecule is [N-]=[N+]=NC1CCOc2ccccc21. The van der Waals surface area contributed by atoms with Gasteiger partial charge in [0.1, 0.15) is 5.75 Å². The molecule has 0 fully saturated rings. The van der Waals surface area contributed by atoms with Gasteiger partial charge in [-0.05, 0) is 18.0 Å². The van der Waals surface area contributed by atoms with Crippen LogP contribution in [0.15, 0.2) is 29.4 Å². The number of ether oxygens (including phenoxy) is 1. The molecule has 0 aromatic heterocycles. The summed E-state index contributed by atoms with van der Waals surface area (Å²) in [6, 6.07) is 7.61.